The average Bonchev–Trinajstić information content (AvgIpc) is 3.30. The largest absolute Gasteiger partial charge is 0.382 e. The maximum atomic E-state index is 13.9. The SMILES string of the molecule is CCOCCCN(C(=O)Cn1nnc2ccccc21)[C@H](C(=O)NC1CCCCC1)c1ccccc1C. The van der Waals surface area contributed by atoms with Gasteiger partial charge in [-0.15, -0.1) is 5.10 Å². The summed E-state index contributed by atoms with van der Waals surface area (Å²) >= 11 is 0. The maximum absolute atomic E-state index is 13.9. The highest BCUT2D eigenvalue weighted by atomic mass is 16.5. The van der Waals surface area contributed by atoms with Crippen LogP contribution < -0.4 is 5.32 Å². The van der Waals surface area contributed by atoms with Crippen LogP contribution in [-0.4, -0.2) is 57.5 Å². The predicted molar refractivity (Wildman–Crippen MR) is 139 cm³/mol. The van der Waals surface area contributed by atoms with Crippen molar-refractivity contribution < 1.29 is 14.3 Å². The molecule has 1 aliphatic carbocycles. The molecule has 0 spiro atoms. The van der Waals surface area contributed by atoms with Crippen LogP contribution >= 0.6 is 0 Å². The van der Waals surface area contributed by atoms with E-state index in [0.717, 1.165) is 47.8 Å². The third kappa shape index (κ3) is 6.29. The van der Waals surface area contributed by atoms with Gasteiger partial charge >= 0.3 is 0 Å². The molecule has 0 aliphatic heterocycles. The van der Waals surface area contributed by atoms with Crippen molar-refractivity contribution >= 4 is 22.8 Å². The Kier molecular flexibility index (Phi) is 9.06. The van der Waals surface area contributed by atoms with Crippen molar-refractivity contribution in [3.63, 3.8) is 0 Å². The topological polar surface area (TPSA) is 89.3 Å². The number of rotatable bonds is 11. The van der Waals surface area contributed by atoms with E-state index in [0.29, 0.717) is 26.2 Å². The van der Waals surface area contributed by atoms with Crippen molar-refractivity contribution in [1.82, 2.24) is 25.2 Å². The van der Waals surface area contributed by atoms with E-state index in [9.17, 15) is 9.59 Å². The Morgan fingerprint density at radius 3 is 2.64 bits per heavy atom. The summed E-state index contributed by atoms with van der Waals surface area (Å²) < 4.78 is 7.16. The highest BCUT2D eigenvalue weighted by Crippen LogP contribution is 2.27. The Balaban J connectivity index is 1.64. The molecule has 2 amide bonds. The molecule has 8 heteroatoms. The van der Waals surface area contributed by atoms with Crippen LogP contribution in [0.5, 0.6) is 0 Å². The van der Waals surface area contributed by atoms with Gasteiger partial charge < -0.3 is 15.0 Å². The number of hydrogen-bond donors (Lipinski definition) is 1. The van der Waals surface area contributed by atoms with Crippen molar-refractivity contribution in [1.29, 1.82) is 0 Å². The zero-order valence-corrected chi connectivity index (χ0v) is 21.4. The minimum atomic E-state index is -0.725. The number of ether oxygens (including phenoxy) is 1. The van der Waals surface area contributed by atoms with Gasteiger partial charge in [-0.1, -0.05) is 60.9 Å². The summed E-state index contributed by atoms with van der Waals surface area (Å²) in [6, 6.07) is 14.8. The zero-order chi connectivity index (χ0) is 25.3. The number of carbonyl (C=O) groups is 2. The molecular formula is C28H37N5O3. The number of benzene rings is 2. The van der Waals surface area contributed by atoms with Crippen LogP contribution in [0.3, 0.4) is 0 Å². The molecule has 8 nitrogen and oxygen atoms in total. The average molecular weight is 492 g/mol. The molecule has 1 aromatic heterocycles. The quantitative estimate of drug-likeness (QED) is 0.407. The number of nitrogens with zero attached hydrogens (tertiary/aromatic N) is 4. The molecular weight excluding hydrogens is 454 g/mol. The van der Waals surface area contributed by atoms with Crippen molar-refractivity contribution in [3.8, 4) is 0 Å². The van der Waals surface area contributed by atoms with E-state index in [4.69, 9.17) is 4.74 Å². The molecule has 2 aromatic carbocycles. The van der Waals surface area contributed by atoms with E-state index in [2.05, 4.69) is 15.6 Å². The summed E-state index contributed by atoms with van der Waals surface area (Å²) in [7, 11) is 0. The Bertz CT molecular complexity index is 1150. The Morgan fingerprint density at radius 2 is 1.86 bits per heavy atom. The van der Waals surface area contributed by atoms with E-state index in [-0.39, 0.29) is 24.4 Å². The summed E-state index contributed by atoms with van der Waals surface area (Å²) in [6.45, 7) is 5.49. The third-order valence-electron chi connectivity index (χ3n) is 6.91. The molecule has 1 saturated carbocycles. The van der Waals surface area contributed by atoms with Gasteiger partial charge in [0.15, 0.2) is 0 Å². The second-order valence-corrected chi connectivity index (χ2v) is 9.48. The number of fused-ring (bicyclic) bond motifs is 1. The molecule has 0 radical (unpaired) electrons. The van der Waals surface area contributed by atoms with Gasteiger partial charge in [-0.05, 0) is 56.4 Å². The number of hydrogen-bond acceptors (Lipinski definition) is 5. The van der Waals surface area contributed by atoms with E-state index in [1.54, 1.807) is 9.58 Å². The molecule has 1 fully saturated rings. The van der Waals surface area contributed by atoms with Gasteiger partial charge in [0.25, 0.3) is 0 Å². The minimum Gasteiger partial charge on any atom is -0.382 e. The third-order valence-corrected chi connectivity index (χ3v) is 6.91. The number of aromatic nitrogens is 3. The molecule has 0 saturated heterocycles. The molecule has 1 heterocycles. The summed E-state index contributed by atoms with van der Waals surface area (Å²) in [5.74, 6) is -0.293. The molecule has 1 N–H and O–H groups in total. The molecule has 0 bridgehead atoms. The van der Waals surface area contributed by atoms with E-state index >= 15 is 0 Å². The van der Waals surface area contributed by atoms with Crippen LogP contribution in [0.15, 0.2) is 48.5 Å². The molecule has 4 rings (SSSR count). The second-order valence-electron chi connectivity index (χ2n) is 9.48. The van der Waals surface area contributed by atoms with Crippen LogP contribution in [0, 0.1) is 6.92 Å². The lowest BCUT2D eigenvalue weighted by molar-refractivity contribution is -0.142. The number of amides is 2. The maximum Gasteiger partial charge on any atom is 0.247 e. The van der Waals surface area contributed by atoms with Crippen molar-refractivity contribution in [2.75, 3.05) is 19.8 Å². The lowest BCUT2D eigenvalue weighted by atomic mass is 9.94. The summed E-state index contributed by atoms with van der Waals surface area (Å²) in [4.78, 5) is 29.4. The van der Waals surface area contributed by atoms with Crippen molar-refractivity contribution in [2.24, 2.45) is 0 Å². The highest BCUT2D eigenvalue weighted by Gasteiger charge is 2.33. The number of carbonyl (C=O) groups excluding carboxylic acids is 2. The van der Waals surface area contributed by atoms with E-state index in [1.165, 1.54) is 6.42 Å². The van der Waals surface area contributed by atoms with Gasteiger partial charge in [0.2, 0.25) is 11.8 Å². The van der Waals surface area contributed by atoms with Gasteiger partial charge in [-0.2, -0.15) is 0 Å². The first kappa shape index (κ1) is 25.8. The summed E-state index contributed by atoms with van der Waals surface area (Å²) in [5.41, 5.74) is 3.35. The summed E-state index contributed by atoms with van der Waals surface area (Å²) in [5, 5.41) is 11.7. The van der Waals surface area contributed by atoms with Crippen LogP contribution in [0.2, 0.25) is 0 Å². The zero-order valence-electron chi connectivity index (χ0n) is 21.4. The highest BCUT2D eigenvalue weighted by molar-refractivity contribution is 5.89. The molecule has 1 atom stereocenters. The Labute approximate surface area is 213 Å². The normalized spacial score (nSPS) is 15.1. The van der Waals surface area contributed by atoms with Crippen LogP contribution in [-0.2, 0) is 20.9 Å². The van der Waals surface area contributed by atoms with Gasteiger partial charge in [0.05, 0.1) is 5.52 Å². The van der Waals surface area contributed by atoms with Crippen molar-refractivity contribution in [3.05, 3.63) is 59.7 Å². The van der Waals surface area contributed by atoms with Gasteiger partial charge in [-0.3, -0.25) is 9.59 Å². The van der Waals surface area contributed by atoms with Crippen LogP contribution in [0.1, 0.15) is 62.6 Å². The second kappa shape index (κ2) is 12.6. The van der Waals surface area contributed by atoms with Gasteiger partial charge in [0, 0.05) is 25.8 Å². The standard InChI is InChI=1S/C28H37N5O3/c1-3-36-19-11-18-32(26(34)20-33-25-17-10-9-16-24(25)30-31-33)27(23-15-8-7-12-21(23)2)28(35)29-22-13-5-4-6-14-22/h7-10,12,15-17,22,27H,3-6,11,13-14,18-20H2,1-2H3,(H,29,35)/t27-/m0/s1. The molecule has 0 unspecified atom stereocenters. The smallest absolute Gasteiger partial charge is 0.247 e. The van der Waals surface area contributed by atoms with Crippen LogP contribution in [0.25, 0.3) is 11.0 Å². The lowest BCUT2D eigenvalue weighted by Gasteiger charge is -2.34. The van der Waals surface area contributed by atoms with Crippen LogP contribution in [0.4, 0.5) is 0 Å². The predicted octanol–water partition coefficient (Wildman–Crippen LogP) is 4.19. The first-order valence-corrected chi connectivity index (χ1v) is 13.1. The summed E-state index contributed by atoms with van der Waals surface area (Å²) in [6.07, 6.45) is 6.05. The Hall–Kier alpha value is -3.26. The monoisotopic (exact) mass is 491 g/mol. The number of para-hydroxylation sites is 1. The van der Waals surface area contributed by atoms with E-state index in [1.807, 2.05) is 62.4 Å². The molecule has 36 heavy (non-hydrogen) atoms. The van der Waals surface area contributed by atoms with Gasteiger partial charge in [-0.25, -0.2) is 4.68 Å². The molecule has 1 aliphatic rings. The Morgan fingerprint density at radius 1 is 1.11 bits per heavy atom. The van der Waals surface area contributed by atoms with Crippen molar-refractivity contribution in [2.45, 2.75) is 71.0 Å². The minimum absolute atomic E-state index is 0.00817. The first-order chi connectivity index (χ1) is 17.6. The molecule has 192 valence electrons. The lowest BCUT2D eigenvalue weighted by Crippen LogP contribution is -2.48. The first-order valence-electron chi connectivity index (χ1n) is 13.1. The molecule has 3 aromatic rings. The fourth-order valence-electron chi connectivity index (χ4n) is 5.00. The van der Waals surface area contributed by atoms with E-state index < -0.39 is 6.04 Å². The number of nitrogens with one attached hydrogen (secondary N) is 1. The number of aryl methyl sites for hydroxylation is 1. The van der Waals surface area contributed by atoms with Gasteiger partial charge in [0.1, 0.15) is 18.1 Å². The fraction of sp³-hybridized carbons (Fsp3) is 0.500. The fourth-order valence-corrected chi connectivity index (χ4v) is 5.00.